The highest BCUT2D eigenvalue weighted by atomic mass is 16.7. The van der Waals surface area contributed by atoms with Gasteiger partial charge in [-0.05, 0) is 67.4 Å². The van der Waals surface area contributed by atoms with Crippen molar-refractivity contribution in [3.05, 3.63) is 78.4 Å². The molecule has 8 heteroatoms. The lowest BCUT2D eigenvalue weighted by Crippen LogP contribution is -2.37. The van der Waals surface area contributed by atoms with Crippen LogP contribution in [0.1, 0.15) is 31.9 Å². The Kier molecular flexibility index (Phi) is 7.01. The van der Waals surface area contributed by atoms with E-state index >= 15 is 0 Å². The van der Waals surface area contributed by atoms with Gasteiger partial charge in [0, 0.05) is 0 Å². The lowest BCUT2D eigenvalue weighted by atomic mass is 9.90. The van der Waals surface area contributed by atoms with Crippen molar-refractivity contribution in [1.82, 2.24) is 0 Å². The smallest absolute Gasteiger partial charge is 0.266 e. The molecule has 3 aromatic carbocycles. The Hall–Kier alpha value is -4.04. The molecule has 0 aromatic heterocycles. The van der Waals surface area contributed by atoms with Gasteiger partial charge in [-0.15, -0.1) is 0 Å². The predicted molar refractivity (Wildman–Crippen MR) is 139 cm³/mol. The highest BCUT2D eigenvalue weighted by molar-refractivity contribution is 6.23. The van der Waals surface area contributed by atoms with Crippen molar-refractivity contribution in [2.75, 3.05) is 30.3 Å². The number of rotatable bonds is 9. The Morgan fingerprint density at radius 2 is 1.59 bits per heavy atom. The SMILES string of the molecule is CCCOc1ccc([C@H]2[C@@H]3C(=O)N(c4ccc(OC)cc4)C(=O)[C@H]3ON2c2ccccc2)cc1OCC. The maximum absolute atomic E-state index is 13.8. The molecule has 2 aliphatic heterocycles. The number of para-hydroxylation sites is 1. The Labute approximate surface area is 216 Å². The zero-order chi connectivity index (χ0) is 25.9. The first-order valence-electron chi connectivity index (χ1n) is 12.5. The second-order valence-electron chi connectivity index (χ2n) is 8.86. The van der Waals surface area contributed by atoms with Crippen molar-refractivity contribution < 1.29 is 28.6 Å². The lowest BCUT2D eigenvalue weighted by molar-refractivity contribution is -0.126. The molecule has 2 heterocycles. The van der Waals surface area contributed by atoms with Crippen molar-refractivity contribution in [2.45, 2.75) is 32.4 Å². The van der Waals surface area contributed by atoms with Gasteiger partial charge in [-0.1, -0.05) is 31.2 Å². The van der Waals surface area contributed by atoms with Crippen LogP contribution in [-0.4, -0.2) is 38.2 Å². The zero-order valence-electron chi connectivity index (χ0n) is 21.1. The molecule has 2 fully saturated rings. The monoisotopic (exact) mass is 502 g/mol. The van der Waals surface area contributed by atoms with E-state index in [1.807, 2.05) is 62.4 Å². The molecule has 0 spiro atoms. The molecule has 37 heavy (non-hydrogen) atoms. The molecule has 2 saturated heterocycles. The molecule has 5 rings (SSSR count). The van der Waals surface area contributed by atoms with E-state index < -0.39 is 24.0 Å². The van der Waals surface area contributed by atoms with Crippen LogP contribution >= 0.6 is 0 Å². The molecule has 2 amide bonds. The largest absolute Gasteiger partial charge is 0.497 e. The summed E-state index contributed by atoms with van der Waals surface area (Å²) in [6.45, 7) is 4.98. The van der Waals surface area contributed by atoms with Crippen LogP contribution in [0.25, 0.3) is 0 Å². The Bertz CT molecular complexity index is 1260. The van der Waals surface area contributed by atoms with E-state index in [9.17, 15) is 9.59 Å². The van der Waals surface area contributed by atoms with Crippen LogP contribution in [0.5, 0.6) is 17.2 Å². The molecule has 3 atom stereocenters. The van der Waals surface area contributed by atoms with Gasteiger partial charge in [0.1, 0.15) is 11.7 Å². The van der Waals surface area contributed by atoms with E-state index in [1.165, 1.54) is 4.90 Å². The second kappa shape index (κ2) is 10.5. The number of carbonyl (C=O) groups excluding carboxylic acids is 2. The number of benzene rings is 3. The number of anilines is 2. The van der Waals surface area contributed by atoms with Crippen LogP contribution in [0.15, 0.2) is 72.8 Å². The summed E-state index contributed by atoms with van der Waals surface area (Å²) in [7, 11) is 1.57. The summed E-state index contributed by atoms with van der Waals surface area (Å²) in [5, 5.41) is 1.67. The number of hydrogen-bond donors (Lipinski definition) is 0. The number of ether oxygens (including phenoxy) is 3. The molecular weight excluding hydrogens is 472 g/mol. The predicted octanol–water partition coefficient (Wildman–Crippen LogP) is 4.93. The fourth-order valence-corrected chi connectivity index (χ4v) is 4.85. The third kappa shape index (κ3) is 4.49. The summed E-state index contributed by atoms with van der Waals surface area (Å²) in [6.07, 6.45) is -0.0843. The van der Waals surface area contributed by atoms with Gasteiger partial charge >= 0.3 is 0 Å². The van der Waals surface area contributed by atoms with Crippen molar-refractivity contribution in [3.8, 4) is 17.2 Å². The van der Waals surface area contributed by atoms with E-state index in [-0.39, 0.29) is 5.91 Å². The molecule has 0 saturated carbocycles. The first kappa shape index (κ1) is 24.6. The fourth-order valence-electron chi connectivity index (χ4n) is 4.85. The van der Waals surface area contributed by atoms with Crippen LogP contribution in [0.2, 0.25) is 0 Å². The van der Waals surface area contributed by atoms with Crippen LogP contribution in [0.3, 0.4) is 0 Å². The van der Waals surface area contributed by atoms with Gasteiger partial charge in [-0.2, -0.15) is 0 Å². The topological polar surface area (TPSA) is 77.5 Å². The molecule has 3 aromatic rings. The van der Waals surface area contributed by atoms with Gasteiger partial charge in [-0.3, -0.25) is 14.4 Å². The molecule has 0 N–H and O–H groups in total. The summed E-state index contributed by atoms with van der Waals surface area (Å²) in [5.41, 5.74) is 2.03. The number of nitrogens with zero attached hydrogens (tertiary/aromatic N) is 2. The molecule has 8 nitrogen and oxygen atoms in total. The highest BCUT2D eigenvalue weighted by Gasteiger charge is 2.60. The van der Waals surface area contributed by atoms with Crippen LogP contribution < -0.4 is 24.2 Å². The van der Waals surface area contributed by atoms with Crippen LogP contribution in [0.4, 0.5) is 11.4 Å². The number of hydrogen-bond acceptors (Lipinski definition) is 7. The summed E-state index contributed by atoms with van der Waals surface area (Å²) >= 11 is 0. The summed E-state index contributed by atoms with van der Waals surface area (Å²) in [4.78, 5) is 34.8. The quantitative estimate of drug-likeness (QED) is 0.384. The summed E-state index contributed by atoms with van der Waals surface area (Å²) < 4.78 is 17.0. The standard InChI is InChI=1S/C29H30N2O6/c1-4-17-36-23-16-11-19(18-24(23)35-5-2)26-25-27(37-31(26)21-9-7-6-8-10-21)29(33)30(28(25)32)20-12-14-22(34-3)15-13-20/h6-16,18,25-27H,4-5,17H2,1-3H3/t25-,26-,27-/m0/s1. The minimum absolute atomic E-state index is 0.312. The van der Waals surface area contributed by atoms with Crippen LogP contribution in [-0.2, 0) is 14.4 Å². The third-order valence-corrected chi connectivity index (χ3v) is 6.53. The van der Waals surface area contributed by atoms with Gasteiger partial charge in [0.2, 0.25) is 5.91 Å². The number of hydroxylamine groups is 1. The minimum atomic E-state index is -0.952. The summed E-state index contributed by atoms with van der Waals surface area (Å²) in [6, 6.07) is 21.4. The van der Waals surface area contributed by atoms with E-state index in [1.54, 1.807) is 36.4 Å². The van der Waals surface area contributed by atoms with E-state index in [0.29, 0.717) is 36.1 Å². The number of fused-ring (bicyclic) bond motifs is 1. The number of imide groups is 1. The first-order chi connectivity index (χ1) is 18.1. The van der Waals surface area contributed by atoms with Crippen molar-refractivity contribution >= 4 is 23.2 Å². The Balaban J connectivity index is 1.56. The first-order valence-corrected chi connectivity index (χ1v) is 12.5. The lowest BCUT2D eigenvalue weighted by Gasteiger charge is -2.29. The number of methoxy groups -OCH3 is 1. The average molecular weight is 503 g/mol. The normalized spacial score (nSPS) is 20.8. The molecular formula is C29H30N2O6. The van der Waals surface area contributed by atoms with Gasteiger partial charge in [0.25, 0.3) is 5.91 Å². The fraction of sp³-hybridized carbons (Fsp3) is 0.310. The van der Waals surface area contributed by atoms with Gasteiger partial charge in [0.05, 0.1) is 37.7 Å². The molecule has 2 aliphatic rings. The molecule has 0 aliphatic carbocycles. The van der Waals surface area contributed by atoms with Gasteiger partial charge in [0.15, 0.2) is 17.6 Å². The molecule has 0 unspecified atom stereocenters. The van der Waals surface area contributed by atoms with E-state index in [4.69, 9.17) is 19.0 Å². The molecule has 192 valence electrons. The summed E-state index contributed by atoms with van der Waals surface area (Å²) in [5.74, 6) is 0.425. The van der Waals surface area contributed by atoms with E-state index in [0.717, 1.165) is 17.7 Å². The average Bonchev–Trinajstić information content (AvgIpc) is 3.44. The molecule has 0 radical (unpaired) electrons. The van der Waals surface area contributed by atoms with Gasteiger partial charge in [-0.25, -0.2) is 9.96 Å². The Morgan fingerprint density at radius 1 is 0.838 bits per heavy atom. The Morgan fingerprint density at radius 3 is 2.27 bits per heavy atom. The number of carbonyl (C=O) groups is 2. The van der Waals surface area contributed by atoms with Gasteiger partial charge < -0.3 is 14.2 Å². The van der Waals surface area contributed by atoms with Crippen molar-refractivity contribution in [1.29, 1.82) is 0 Å². The van der Waals surface area contributed by atoms with E-state index in [2.05, 4.69) is 0 Å². The second-order valence-corrected chi connectivity index (χ2v) is 8.86. The maximum Gasteiger partial charge on any atom is 0.266 e. The zero-order valence-corrected chi connectivity index (χ0v) is 21.1. The minimum Gasteiger partial charge on any atom is -0.497 e. The van der Waals surface area contributed by atoms with Crippen molar-refractivity contribution in [2.24, 2.45) is 5.92 Å². The number of amides is 2. The van der Waals surface area contributed by atoms with Crippen LogP contribution in [0, 0.1) is 5.92 Å². The highest BCUT2D eigenvalue weighted by Crippen LogP contribution is 2.48. The van der Waals surface area contributed by atoms with Crippen molar-refractivity contribution in [3.63, 3.8) is 0 Å². The third-order valence-electron chi connectivity index (χ3n) is 6.53. The molecule has 0 bridgehead atoms. The maximum atomic E-state index is 13.8.